The van der Waals surface area contributed by atoms with Crippen molar-refractivity contribution < 1.29 is 13.7 Å². The molecule has 1 aromatic heterocycles. The molecule has 8 heteroatoms. The molecule has 0 spiro atoms. The number of methoxy groups -OCH3 is 1. The molecule has 1 atom stereocenters. The van der Waals surface area contributed by atoms with Crippen LogP contribution in [0.5, 0.6) is 5.75 Å². The Morgan fingerprint density at radius 1 is 1.30 bits per heavy atom. The van der Waals surface area contributed by atoms with Gasteiger partial charge in [0.1, 0.15) is 16.7 Å². The molecule has 164 valence electrons. The molecule has 0 bridgehead atoms. The minimum atomic E-state index is -1.38. The molecule has 2 aromatic rings. The van der Waals surface area contributed by atoms with Crippen LogP contribution in [0.3, 0.4) is 0 Å². The summed E-state index contributed by atoms with van der Waals surface area (Å²) in [5, 5.41) is 3.59. The number of carbonyl (C=O) groups excluding carboxylic acids is 1. The van der Waals surface area contributed by atoms with E-state index >= 15 is 0 Å². The third kappa shape index (κ3) is 5.89. The first-order valence-corrected chi connectivity index (χ1v) is 12.5. The first-order chi connectivity index (χ1) is 14.4. The SMILES string of the molecule is COc1ccc(-c2sc(NC(=O)CC3CCCCC3)nc2C)cc1S(=O)NC(C)C. The Labute approximate surface area is 185 Å². The van der Waals surface area contributed by atoms with Crippen LogP contribution in [0.1, 0.15) is 58.1 Å². The third-order valence-electron chi connectivity index (χ3n) is 5.21. The molecule has 1 aliphatic rings. The lowest BCUT2D eigenvalue weighted by atomic mass is 9.87. The second-order valence-electron chi connectivity index (χ2n) is 8.10. The lowest BCUT2D eigenvalue weighted by molar-refractivity contribution is -0.117. The summed E-state index contributed by atoms with van der Waals surface area (Å²) in [6.45, 7) is 5.82. The molecule has 1 fully saturated rings. The van der Waals surface area contributed by atoms with Gasteiger partial charge in [0.15, 0.2) is 5.13 Å². The van der Waals surface area contributed by atoms with Crippen LogP contribution in [0.25, 0.3) is 10.4 Å². The fourth-order valence-electron chi connectivity index (χ4n) is 3.78. The van der Waals surface area contributed by atoms with Crippen molar-refractivity contribution in [1.29, 1.82) is 0 Å². The van der Waals surface area contributed by atoms with Gasteiger partial charge in [-0.15, -0.1) is 0 Å². The Bertz CT molecular complexity index is 905. The highest BCUT2D eigenvalue weighted by Crippen LogP contribution is 2.36. The number of hydrogen-bond donors (Lipinski definition) is 2. The molecular weight excluding hydrogens is 418 g/mol. The molecule has 1 heterocycles. The predicted molar refractivity (Wildman–Crippen MR) is 123 cm³/mol. The fraction of sp³-hybridized carbons (Fsp3) is 0.545. The number of carbonyl (C=O) groups is 1. The van der Waals surface area contributed by atoms with E-state index in [1.165, 1.54) is 30.6 Å². The molecule has 1 aromatic carbocycles. The first kappa shape index (κ1) is 22.9. The van der Waals surface area contributed by atoms with Gasteiger partial charge in [0, 0.05) is 12.5 Å². The molecular formula is C22H31N3O3S2. The Hall–Kier alpha value is -1.77. The van der Waals surface area contributed by atoms with E-state index in [2.05, 4.69) is 15.0 Å². The van der Waals surface area contributed by atoms with Gasteiger partial charge in [-0.2, -0.15) is 0 Å². The highest BCUT2D eigenvalue weighted by atomic mass is 32.2. The maximum atomic E-state index is 12.7. The van der Waals surface area contributed by atoms with Crippen LogP contribution in [0.2, 0.25) is 0 Å². The lowest BCUT2D eigenvalue weighted by Gasteiger charge is -2.20. The van der Waals surface area contributed by atoms with Crippen LogP contribution in [-0.4, -0.2) is 28.3 Å². The second-order valence-corrected chi connectivity index (χ2v) is 10.3. The number of anilines is 1. The zero-order valence-corrected chi connectivity index (χ0v) is 19.8. The van der Waals surface area contributed by atoms with E-state index < -0.39 is 11.0 Å². The number of benzene rings is 1. The number of nitrogens with zero attached hydrogens (tertiary/aromatic N) is 1. The Kier molecular flexibility index (Phi) is 8.02. The summed E-state index contributed by atoms with van der Waals surface area (Å²) in [6.07, 6.45) is 6.60. The average molecular weight is 450 g/mol. The van der Waals surface area contributed by atoms with E-state index in [1.54, 1.807) is 7.11 Å². The summed E-state index contributed by atoms with van der Waals surface area (Å²) >= 11 is 1.45. The van der Waals surface area contributed by atoms with Crippen molar-refractivity contribution >= 4 is 33.4 Å². The molecule has 6 nitrogen and oxygen atoms in total. The number of rotatable bonds is 8. The maximum Gasteiger partial charge on any atom is 0.226 e. The third-order valence-corrected chi connectivity index (χ3v) is 7.74. The number of aromatic nitrogens is 1. The van der Waals surface area contributed by atoms with E-state index in [4.69, 9.17) is 4.74 Å². The smallest absolute Gasteiger partial charge is 0.226 e. The summed E-state index contributed by atoms with van der Waals surface area (Å²) in [6, 6.07) is 5.71. The van der Waals surface area contributed by atoms with Gasteiger partial charge in [-0.3, -0.25) is 4.79 Å². The molecule has 3 rings (SSSR count). The molecule has 0 aliphatic heterocycles. The normalized spacial score (nSPS) is 15.9. The number of hydrogen-bond acceptors (Lipinski definition) is 5. The van der Waals surface area contributed by atoms with Crippen molar-refractivity contribution in [3.8, 4) is 16.2 Å². The second kappa shape index (κ2) is 10.5. The van der Waals surface area contributed by atoms with Crippen LogP contribution >= 0.6 is 11.3 Å². The van der Waals surface area contributed by atoms with Gasteiger partial charge in [-0.05, 0) is 63.3 Å². The van der Waals surface area contributed by atoms with E-state index in [0.29, 0.717) is 28.1 Å². The summed E-state index contributed by atoms with van der Waals surface area (Å²) < 4.78 is 21.1. The number of amides is 1. The van der Waals surface area contributed by atoms with E-state index in [1.807, 2.05) is 39.0 Å². The Morgan fingerprint density at radius 2 is 2.03 bits per heavy atom. The first-order valence-electron chi connectivity index (χ1n) is 10.5. The van der Waals surface area contributed by atoms with Gasteiger partial charge in [-0.25, -0.2) is 13.9 Å². The van der Waals surface area contributed by atoms with Crippen LogP contribution in [0.4, 0.5) is 5.13 Å². The highest BCUT2D eigenvalue weighted by Gasteiger charge is 2.20. The number of ether oxygens (including phenoxy) is 1. The van der Waals surface area contributed by atoms with Crippen molar-refractivity contribution in [2.75, 3.05) is 12.4 Å². The molecule has 0 saturated heterocycles. The number of nitrogens with one attached hydrogen (secondary N) is 2. The predicted octanol–water partition coefficient (Wildman–Crippen LogP) is 5.06. The molecule has 2 N–H and O–H groups in total. The van der Waals surface area contributed by atoms with Crippen LogP contribution in [0, 0.1) is 12.8 Å². The van der Waals surface area contributed by atoms with Crippen LogP contribution in [-0.2, 0) is 15.8 Å². The molecule has 1 aliphatic carbocycles. The lowest BCUT2D eigenvalue weighted by Crippen LogP contribution is -2.25. The summed E-state index contributed by atoms with van der Waals surface area (Å²) in [5.74, 6) is 1.11. The standard InChI is InChI=1S/C22H31N3O3S2/c1-14(2)25-30(27)19-13-17(10-11-18(19)28-4)21-15(3)23-22(29-21)24-20(26)12-16-8-6-5-7-9-16/h10-11,13-14,16,25H,5-9,12H2,1-4H3,(H,23,24,26). The Balaban J connectivity index is 1.77. The van der Waals surface area contributed by atoms with Gasteiger partial charge in [-0.1, -0.05) is 30.6 Å². The van der Waals surface area contributed by atoms with Gasteiger partial charge in [0.25, 0.3) is 0 Å². The molecule has 1 unspecified atom stereocenters. The van der Waals surface area contributed by atoms with Gasteiger partial charge >= 0.3 is 0 Å². The fourth-order valence-corrected chi connectivity index (χ4v) is 5.88. The van der Waals surface area contributed by atoms with Gasteiger partial charge in [0.05, 0.1) is 22.6 Å². The van der Waals surface area contributed by atoms with Crippen molar-refractivity contribution in [3.05, 3.63) is 23.9 Å². The topological polar surface area (TPSA) is 80.3 Å². The van der Waals surface area contributed by atoms with E-state index in [0.717, 1.165) is 29.0 Å². The van der Waals surface area contributed by atoms with Crippen LogP contribution in [0.15, 0.2) is 23.1 Å². The van der Waals surface area contributed by atoms with Gasteiger partial charge in [0.2, 0.25) is 5.91 Å². The maximum absolute atomic E-state index is 12.7. The zero-order chi connectivity index (χ0) is 21.7. The van der Waals surface area contributed by atoms with Gasteiger partial charge < -0.3 is 10.1 Å². The van der Waals surface area contributed by atoms with E-state index in [9.17, 15) is 9.00 Å². The minimum absolute atomic E-state index is 0.0415. The molecule has 30 heavy (non-hydrogen) atoms. The van der Waals surface area contributed by atoms with E-state index in [-0.39, 0.29) is 11.9 Å². The number of thiazole rings is 1. The highest BCUT2D eigenvalue weighted by molar-refractivity contribution is 7.83. The largest absolute Gasteiger partial charge is 0.495 e. The average Bonchev–Trinajstić information content (AvgIpc) is 3.07. The van der Waals surface area contributed by atoms with Crippen molar-refractivity contribution in [1.82, 2.24) is 9.71 Å². The number of aryl methyl sites for hydroxylation is 1. The molecule has 0 radical (unpaired) electrons. The molecule has 1 saturated carbocycles. The molecule has 1 amide bonds. The quantitative estimate of drug-likeness (QED) is 0.590. The summed E-state index contributed by atoms with van der Waals surface area (Å²) in [5.41, 5.74) is 1.75. The van der Waals surface area contributed by atoms with Crippen LogP contribution < -0.4 is 14.8 Å². The minimum Gasteiger partial charge on any atom is -0.495 e. The monoisotopic (exact) mass is 449 g/mol. The van der Waals surface area contributed by atoms with Crippen molar-refractivity contribution in [2.24, 2.45) is 5.92 Å². The zero-order valence-electron chi connectivity index (χ0n) is 18.1. The van der Waals surface area contributed by atoms with Crippen molar-refractivity contribution in [3.63, 3.8) is 0 Å². The van der Waals surface area contributed by atoms with Crippen molar-refractivity contribution in [2.45, 2.75) is 70.2 Å². The summed E-state index contributed by atoms with van der Waals surface area (Å²) in [7, 11) is 0.189. The summed E-state index contributed by atoms with van der Waals surface area (Å²) in [4.78, 5) is 18.6. The Morgan fingerprint density at radius 3 is 2.70 bits per heavy atom.